The Hall–Kier alpha value is -2.94. The molecule has 0 fully saturated rings. The lowest BCUT2D eigenvalue weighted by Gasteiger charge is -2.11. The zero-order valence-corrected chi connectivity index (χ0v) is 13.5. The Morgan fingerprint density at radius 3 is 2.48 bits per heavy atom. The van der Waals surface area contributed by atoms with Crippen LogP contribution in [0.5, 0.6) is 0 Å². The number of hydrogen-bond donors (Lipinski definition) is 1. The molecule has 1 aromatic heterocycles. The van der Waals surface area contributed by atoms with Crippen molar-refractivity contribution in [2.45, 2.75) is 33.1 Å². The SMILES string of the molecule is [C-]#[N+]/C(=N\Nc1ccc(C)cc1)C(=O)c1cc(C(C)(C)C)on1. The predicted octanol–water partition coefficient (Wildman–Crippen LogP) is 3.81. The highest BCUT2D eigenvalue weighted by Gasteiger charge is 2.24. The van der Waals surface area contributed by atoms with E-state index in [-0.39, 0.29) is 16.9 Å². The van der Waals surface area contributed by atoms with Gasteiger partial charge in [-0.3, -0.25) is 4.79 Å². The molecule has 1 aromatic carbocycles. The summed E-state index contributed by atoms with van der Waals surface area (Å²) in [4.78, 5) is 15.5. The average Bonchev–Trinajstić information content (AvgIpc) is 2.99. The summed E-state index contributed by atoms with van der Waals surface area (Å²) in [6.45, 7) is 15.0. The summed E-state index contributed by atoms with van der Waals surface area (Å²) in [7, 11) is 0. The summed E-state index contributed by atoms with van der Waals surface area (Å²) in [6, 6.07) is 9.00. The van der Waals surface area contributed by atoms with Gasteiger partial charge in [0.1, 0.15) is 11.5 Å². The van der Waals surface area contributed by atoms with E-state index < -0.39 is 5.78 Å². The number of amidine groups is 1. The molecule has 0 aliphatic heterocycles. The molecule has 0 unspecified atom stereocenters. The molecule has 0 atom stereocenters. The van der Waals surface area contributed by atoms with Crippen molar-refractivity contribution in [2.24, 2.45) is 5.10 Å². The first kappa shape index (κ1) is 16.4. The van der Waals surface area contributed by atoms with Crippen molar-refractivity contribution >= 4 is 17.3 Å². The minimum absolute atomic E-state index is 0.0791. The fraction of sp³-hybridized carbons (Fsp3) is 0.294. The first-order valence-electron chi connectivity index (χ1n) is 7.11. The van der Waals surface area contributed by atoms with E-state index in [0.717, 1.165) is 5.56 Å². The van der Waals surface area contributed by atoms with Gasteiger partial charge in [-0.05, 0) is 24.2 Å². The largest absolute Gasteiger partial charge is 0.360 e. The zero-order chi connectivity index (χ0) is 17.0. The van der Waals surface area contributed by atoms with Gasteiger partial charge in [0.05, 0.1) is 5.69 Å². The van der Waals surface area contributed by atoms with E-state index in [4.69, 9.17) is 11.1 Å². The number of aromatic nitrogens is 1. The Morgan fingerprint density at radius 2 is 1.96 bits per heavy atom. The van der Waals surface area contributed by atoms with Crippen molar-refractivity contribution in [2.75, 3.05) is 5.43 Å². The number of hydrazone groups is 1. The number of benzene rings is 1. The van der Waals surface area contributed by atoms with Crippen molar-refractivity contribution in [1.29, 1.82) is 0 Å². The second-order valence-electron chi connectivity index (χ2n) is 6.18. The molecule has 1 N–H and O–H groups in total. The van der Waals surface area contributed by atoms with Crippen LogP contribution in [0.1, 0.15) is 42.6 Å². The molecular formula is C17H18N4O2. The van der Waals surface area contributed by atoms with Crippen LogP contribution >= 0.6 is 0 Å². The zero-order valence-electron chi connectivity index (χ0n) is 13.5. The van der Waals surface area contributed by atoms with Crippen LogP contribution in [0, 0.1) is 13.5 Å². The smallest absolute Gasteiger partial charge is 0.343 e. The lowest BCUT2D eigenvalue weighted by atomic mass is 9.93. The second-order valence-corrected chi connectivity index (χ2v) is 6.18. The van der Waals surface area contributed by atoms with Crippen molar-refractivity contribution < 1.29 is 9.32 Å². The van der Waals surface area contributed by atoms with E-state index >= 15 is 0 Å². The summed E-state index contributed by atoms with van der Waals surface area (Å²) < 4.78 is 5.17. The van der Waals surface area contributed by atoms with Gasteiger partial charge in [0, 0.05) is 11.5 Å². The molecule has 6 nitrogen and oxygen atoms in total. The van der Waals surface area contributed by atoms with Crippen LogP contribution in [0.15, 0.2) is 40.0 Å². The summed E-state index contributed by atoms with van der Waals surface area (Å²) in [6.07, 6.45) is 0. The van der Waals surface area contributed by atoms with Gasteiger partial charge < -0.3 is 9.37 Å². The molecule has 0 aliphatic rings. The van der Waals surface area contributed by atoms with Crippen LogP contribution in [0.25, 0.3) is 4.85 Å². The summed E-state index contributed by atoms with van der Waals surface area (Å²) in [5.41, 5.74) is 4.33. The van der Waals surface area contributed by atoms with Crippen molar-refractivity contribution in [3.05, 3.63) is 58.8 Å². The maximum absolute atomic E-state index is 12.3. The predicted molar refractivity (Wildman–Crippen MR) is 88.4 cm³/mol. The highest BCUT2D eigenvalue weighted by molar-refractivity contribution is 6.48. The van der Waals surface area contributed by atoms with Crippen LogP contribution in [0.3, 0.4) is 0 Å². The summed E-state index contributed by atoms with van der Waals surface area (Å²) in [5.74, 6) is -0.283. The maximum Gasteiger partial charge on any atom is 0.343 e. The third kappa shape index (κ3) is 4.04. The van der Waals surface area contributed by atoms with Gasteiger partial charge in [-0.1, -0.05) is 50.2 Å². The molecule has 0 radical (unpaired) electrons. The van der Waals surface area contributed by atoms with Crippen LogP contribution < -0.4 is 5.43 Å². The van der Waals surface area contributed by atoms with Crippen LogP contribution in [-0.2, 0) is 5.41 Å². The molecule has 6 heteroatoms. The Balaban J connectivity index is 2.18. The van der Waals surface area contributed by atoms with E-state index in [0.29, 0.717) is 11.4 Å². The first-order chi connectivity index (χ1) is 10.8. The second kappa shape index (κ2) is 6.44. The number of hydrogen-bond acceptors (Lipinski definition) is 5. The van der Waals surface area contributed by atoms with Gasteiger partial charge in [-0.2, -0.15) is 0 Å². The summed E-state index contributed by atoms with van der Waals surface area (Å²) >= 11 is 0. The fourth-order valence-corrected chi connectivity index (χ4v) is 1.72. The fourth-order valence-electron chi connectivity index (χ4n) is 1.72. The van der Waals surface area contributed by atoms with Crippen LogP contribution in [0.2, 0.25) is 0 Å². The van der Waals surface area contributed by atoms with Gasteiger partial charge in [-0.25, -0.2) is 5.43 Å². The van der Waals surface area contributed by atoms with Crippen molar-refractivity contribution in [3.63, 3.8) is 0 Å². The first-order valence-corrected chi connectivity index (χ1v) is 7.11. The van der Waals surface area contributed by atoms with Crippen LogP contribution in [-0.4, -0.2) is 16.8 Å². The Bertz CT molecular complexity index is 774. The Labute approximate surface area is 135 Å². The highest BCUT2D eigenvalue weighted by atomic mass is 16.5. The van der Waals surface area contributed by atoms with Crippen molar-refractivity contribution in [1.82, 2.24) is 5.16 Å². The average molecular weight is 310 g/mol. The quantitative estimate of drug-likeness (QED) is 0.306. The van der Waals surface area contributed by atoms with Gasteiger partial charge in [0.2, 0.25) is 5.78 Å². The molecule has 0 spiro atoms. The van der Waals surface area contributed by atoms with E-state index in [9.17, 15) is 4.79 Å². The maximum atomic E-state index is 12.3. The molecule has 0 aliphatic carbocycles. The molecule has 0 saturated heterocycles. The molecule has 23 heavy (non-hydrogen) atoms. The minimum atomic E-state index is -0.570. The van der Waals surface area contributed by atoms with E-state index in [1.807, 2.05) is 52.0 Å². The Kier molecular flexibility index (Phi) is 4.60. The minimum Gasteiger partial charge on any atom is -0.360 e. The standard InChI is InChI=1S/C17H18N4O2/c1-11-6-8-12(9-7-11)19-20-16(18-5)15(22)13-10-14(23-21-13)17(2,3)4/h6-10,19H,1-4H3/b20-16-. The number of carbonyl (C=O) groups excluding carboxylic acids is 1. The molecule has 2 aromatic rings. The molecular weight excluding hydrogens is 292 g/mol. The van der Waals surface area contributed by atoms with Gasteiger partial charge in [-0.15, -0.1) is 0 Å². The monoisotopic (exact) mass is 310 g/mol. The number of nitrogens with one attached hydrogen (secondary N) is 1. The van der Waals surface area contributed by atoms with Gasteiger partial charge in [0.15, 0.2) is 0 Å². The molecule has 1 heterocycles. The molecule has 2 rings (SSSR count). The van der Waals surface area contributed by atoms with Crippen molar-refractivity contribution in [3.8, 4) is 0 Å². The number of ketones is 1. The molecule has 118 valence electrons. The highest BCUT2D eigenvalue weighted by Crippen LogP contribution is 2.23. The third-order valence-corrected chi connectivity index (χ3v) is 3.13. The normalized spacial score (nSPS) is 11.9. The molecule has 0 saturated carbocycles. The topological polar surface area (TPSA) is 71.8 Å². The number of aryl methyl sites for hydroxylation is 1. The van der Waals surface area contributed by atoms with Gasteiger partial charge >= 0.3 is 5.84 Å². The number of anilines is 1. The summed E-state index contributed by atoms with van der Waals surface area (Å²) in [5, 5.41) is 7.61. The molecule has 0 bridgehead atoms. The number of nitrogens with zero attached hydrogens (tertiary/aromatic N) is 3. The number of Topliss-reactive ketones (excluding diaryl/α,β-unsaturated/α-hetero) is 1. The van der Waals surface area contributed by atoms with E-state index in [2.05, 4.69) is 20.5 Å². The lowest BCUT2D eigenvalue weighted by Crippen LogP contribution is -2.13. The van der Waals surface area contributed by atoms with E-state index in [1.165, 1.54) is 0 Å². The molecule has 0 amide bonds. The van der Waals surface area contributed by atoms with E-state index in [1.54, 1.807) is 6.07 Å². The lowest BCUT2D eigenvalue weighted by molar-refractivity contribution is 0.105. The Morgan fingerprint density at radius 1 is 1.30 bits per heavy atom. The number of carbonyl (C=O) groups is 1. The van der Waals surface area contributed by atoms with Gasteiger partial charge in [0.25, 0.3) is 0 Å². The number of rotatable bonds is 4. The third-order valence-electron chi connectivity index (χ3n) is 3.13. The van der Waals surface area contributed by atoms with Crippen LogP contribution in [0.4, 0.5) is 5.69 Å².